The first kappa shape index (κ1) is 11.2. The molecule has 0 spiro atoms. The second kappa shape index (κ2) is 4.70. The van der Waals surface area contributed by atoms with Gasteiger partial charge in [-0.2, -0.15) is 0 Å². The summed E-state index contributed by atoms with van der Waals surface area (Å²) in [6.07, 6.45) is 0. The van der Waals surface area contributed by atoms with Crippen LogP contribution in [0.25, 0.3) is 0 Å². The Balaban J connectivity index is 2.28. The quantitative estimate of drug-likeness (QED) is 0.704. The number of para-hydroxylation sites is 1. The molecule has 0 saturated heterocycles. The van der Waals surface area contributed by atoms with Crippen molar-refractivity contribution in [2.24, 2.45) is 0 Å². The van der Waals surface area contributed by atoms with E-state index >= 15 is 0 Å². The summed E-state index contributed by atoms with van der Waals surface area (Å²) in [6.45, 7) is 1.06. The van der Waals surface area contributed by atoms with Crippen molar-refractivity contribution in [3.8, 4) is 5.75 Å². The molecule has 1 aromatic rings. The summed E-state index contributed by atoms with van der Waals surface area (Å²) >= 11 is 5.49. The standard InChI is InChI=1S/C11H11ClFNO2/c12-6-10(15)14-4-5-16-11-8(7-14)2-1-3-9(11)13/h1-3H,4-7H2. The van der Waals surface area contributed by atoms with Crippen LogP contribution in [0.4, 0.5) is 4.39 Å². The van der Waals surface area contributed by atoms with Crippen molar-refractivity contribution >= 4 is 17.5 Å². The highest BCUT2D eigenvalue weighted by atomic mass is 35.5. The summed E-state index contributed by atoms with van der Waals surface area (Å²) in [4.78, 5) is 13.0. The molecule has 5 heteroatoms. The molecule has 86 valence electrons. The Bertz CT molecular complexity index is 411. The molecule has 2 rings (SSSR count). The lowest BCUT2D eigenvalue weighted by Gasteiger charge is -2.18. The minimum atomic E-state index is -0.391. The van der Waals surface area contributed by atoms with E-state index in [2.05, 4.69) is 0 Å². The van der Waals surface area contributed by atoms with E-state index in [-0.39, 0.29) is 24.1 Å². The molecule has 0 unspecified atom stereocenters. The molecule has 0 atom stereocenters. The number of ether oxygens (including phenoxy) is 1. The molecule has 1 aliphatic heterocycles. The van der Waals surface area contributed by atoms with E-state index in [9.17, 15) is 9.18 Å². The van der Waals surface area contributed by atoms with Gasteiger partial charge >= 0.3 is 0 Å². The van der Waals surface area contributed by atoms with Gasteiger partial charge in [0.25, 0.3) is 0 Å². The van der Waals surface area contributed by atoms with E-state index in [1.54, 1.807) is 17.0 Å². The summed E-state index contributed by atoms with van der Waals surface area (Å²) in [5, 5.41) is 0. The predicted molar refractivity (Wildman–Crippen MR) is 58.0 cm³/mol. The number of nitrogens with zero attached hydrogens (tertiary/aromatic N) is 1. The zero-order chi connectivity index (χ0) is 11.5. The van der Waals surface area contributed by atoms with Gasteiger partial charge in [-0.1, -0.05) is 12.1 Å². The first-order chi connectivity index (χ1) is 7.72. The Kier molecular flexibility index (Phi) is 3.29. The van der Waals surface area contributed by atoms with Crippen LogP contribution in [-0.2, 0) is 11.3 Å². The summed E-state index contributed by atoms with van der Waals surface area (Å²) in [5.41, 5.74) is 0.677. The van der Waals surface area contributed by atoms with Crippen LogP contribution >= 0.6 is 11.6 Å². The van der Waals surface area contributed by atoms with Crippen LogP contribution < -0.4 is 4.74 Å². The van der Waals surface area contributed by atoms with Gasteiger partial charge in [0.05, 0.1) is 6.54 Å². The van der Waals surface area contributed by atoms with Crippen LogP contribution in [0.15, 0.2) is 18.2 Å². The zero-order valence-electron chi connectivity index (χ0n) is 8.58. The molecule has 0 aliphatic carbocycles. The van der Waals surface area contributed by atoms with E-state index in [1.807, 2.05) is 0 Å². The zero-order valence-corrected chi connectivity index (χ0v) is 9.34. The Morgan fingerprint density at radius 1 is 1.56 bits per heavy atom. The minimum Gasteiger partial charge on any atom is -0.488 e. The summed E-state index contributed by atoms with van der Waals surface area (Å²) in [6, 6.07) is 4.70. The fourth-order valence-corrected chi connectivity index (χ4v) is 1.85. The minimum absolute atomic E-state index is 0.0648. The molecule has 1 heterocycles. The second-order valence-electron chi connectivity index (χ2n) is 3.53. The molecule has 0 aromatic heterocycles. The molecule has 16 heavy (non-hydrogen) atoms. The van der Waals surface area contributed by atoms with Gasteiger partial charge in [-0.05, 0) is 6.07 Å². The molecular formula is C11H11ClFNO2. The molecule has 0 saturated carbocycles. The van der Waals surface area contributed by atoms with Crippen molar-refractivity contribution in [1.29, 1.82) is 0 Å². The molecule has 0 bridgehead atoms. The van der Waals surface area contributed by atoms with E-state index in [0.29, 0.717) is 18.7 Å². The summed E-state index contributed by atoms with van der Waals surface area (Å²) in [7, 11) is 0. The van der Waals surface area contributed by atoms with Crippen LogP contribution in [0.5, 0.6) is 5.75 Å². The topological polar surface area (TPSA) is 29.5 Å². The van der Waals surface area contributed by atoms with Gasteiger partial charge in [-0.25, -0.2) is 4.39 Å². The largest absolute Gasteiger partial charge is 0.488 e. The number of hydrogen-bond acceptors (Lipinski definition) is 2. The van der Waals surface area contributed by atoms with Gasteiger partial charge in [0, 0.05) is 12.1 Å². The smallest absolute Gasteiger partial charge is 0.237 e. The van der Waals surface area contributed by atoms with E-state index in [1.165, 1.54) is 6.07 Å². The highest BCUT2D eigenvalue weighted by Gasteiger charge is 2.20. The monoisotopic (exact) mass is 243 g/mol. The van der Waals surface area contributed by atoms with Crippen molar-refractivity contribution < 1.29 is 13.9 Å². The lowest BCUT2D eigenvalue weighted by molar-refractivity contribution is -0.129. The van der Waals surface area contributed by atoms with Crippen LogP contribution in [0.3, 0.4) is 0 Å². The fraction of sp³-hybridized carbons (Fsp3) is 0.364. The maximum atomic E-state index is 13.4. The van der Waals surface area contributed by atoms with E-state index in [4.69, 9.17) is 16.3 Å². The summed E-state index contributed by atoms with van der Waals surface area (Å²) < 4.78 is 18.7. The number of benzene rings is 1. The molecule has 1 aliphatic rings. The van der Waals surface area contributed by atoms with Gasteiger partial charge < -0.3 is 9.64 Å². The number of hydrogen-bond donors (Lipinski definition) is 0. The third-order valence-corrected chi connectivity index (χ3v) is 2.71. The van der Waals surface area contributed by atoms with Crippen molar-refractivity contribution in [2.45, 2.75) is 6.54 Å². The lowest BCUT2D eigenvalue weighted by Crippen LogP contribution is -2.33. The molecule has 1 amide bonds. The van der Waals surface area contributed by atoms with Crippen molar-refractivity contribution in [2.75, 3.05) is 19.0 Å². The first-order valence-electron chi connectivity index (χ1n) is 4.96. The number of alkyl halides is 1. The average molecular weight is 244 g/mol. The Hall–Kier alpha value is -1.29. The normalized spacial score (nSPS) is 15.0. The summed E-state index contributed by atoms with van der Waals surface area (Å²) in [5.74, 6) is -0.377. The highest BCUT2D eigenvalue weighted by molar-refractivity contribution is 6.27. The average Bonchev–Trinajstić information content (AvgIpc) is 2.51. The SMILES string of the molecule is O=C(CCl)N1CCOc2c(F)cccc2C1. The van der Waals surface area contributed by atoms with Gasteiger partial charge in [0.1, 0.15) is 12.5 Å². The van der Waals surface area contributed by atoms with Crippen LogP contribution in [0, 0.1) is 5.82 Å². The fourth-order valence-electron chi connectivity index (χ4n) is 1.68. The first-order valence-corrected chi connectivity index (χ1v) is 5.49. The van der Waals surface area contributed by atoms with Crippen molar-refractivity contribution in [3.05, 3.63) is 29.6 Å². The van der Waals surface area contributed by atoms with Gasteiger partial charge in [-0.3, -0.25) is 4.79 Å². The second-order valence-corrected chi connectivity index (χ2v) is 3.79. The van der Waals surface area contributed by atoms with E-state index < -0.39 is 5.82 Å². The van der Waals surface area contributed by atoms with Crippen molar-refractivity contribution in [3.63, 3.8) is 0 Å². The Morgan fingerprint density at radius 2 is 2.38 bits per heavy atom. The van der Waals surface area contributed by atoms with Gasteiger partial charge in [0.2, 0.25) is 5.91 Å². The Labute approximate surface area is 97.8 Å². The number of carbonyl (C=O) groups excluding carboxylic acids is 1. The molecule has 0 radical (unpaired) electrons. The third-order valence-electron chi connectivity index (χ3n) is 2.48. The van der Waals surface area contributed by atoms with E-state index in [0.717, 1.165) is 0 Å². The third kappa shape index (κ3) is 2.11. The number of carbonyl (C=O) groups is 1. The maximum absolute atomic E-state index is 13.4. The number of amides is 1. The lowest BCUT2D eigenvalue weighted by atomic mass is 10.2. The van der Waals surface area contributed by atoms with Crippen LogP contribution in [-0.4, -0.2) is 29.8 Å². The molecular weight excluding hydrogens is 233 g/mol. The van der Waals surface area contributed by atoms with Gasteiger partial charge in [-0.15, -0.1) is 11.6 Å². The van der Waals surface area contributed by atoms with Crippen LogP contribution in [0.1, 0.15) is 5.56 Å². The van der Waals surface area contributed by atoms with Crippen LogP contribution in [0.2, 0.25) is 0 Å². The van der Waals surface area contributed by atoms with Crippen molar-refractivity contribution in [1.82, 2.24) is 4.90 Å². The predicted octanol–water partition coefficient (Wildman–Crippen LogP) is 1.79. The molecule has 0 N–H and O–H groups in total. The number of fused-ring (bicyclic) bond motifs is 1. The molecule has 0 fully saturated rings. The molecule has 3 nitrogen and oxygen atoms in total. The highest BCUT2D eigenvalue weighted by Crippen LogP contribution is 2.26. The number of rotatable bonds is 1. The maximum Gasteiger partial charge on any atom is 0.237 e. The Morgan fingerprint density at radius 3 is 3.12 bits per heavy atom. The molecule has 1 aromatic carbocycles. The number of halogens is 2. The van der Waals surface area contributed by atoms with Gasteiger partial charge in [0.15, 0.2) is 11.6 Å².